The standard InChI is InChI=1S/C18H23NS/c1-12(18-10-15-4-2-3-5-17(15)20-18)19-11-16-9-13-6-7-14(16)8-13/h2-5,10,12-14,16,19H,6-9,11H2,1H3. The third-order valence-corrected chi connectivity index (χ3v) is 6.74. The molecule has 1 nitrogen and oxygen atoms in total. The summed E-state index contributed by atoms with van der Waals surface area (Å²) in [6.45, 7) is 3.54. The summed E-state index contributed by atoms with van der Waals surface area (Å²) in [6, 6.07) is 11.6. The number of thiophene rings is 1. The average molecular weight is 285 g/mol. The van der Waals surface area contributed by atoms with Gasteiger partial charge in [-0.1, -0.05) is 24.6 Å². The van der Waals surface area contributed by atoms with E-state index in [1.165, 1.54) is 47.2 Å². The largest absolute Gasteiger partial charge is 0.309 e. The molecular formula is C18H23NS. The van der Waals surface area contributed by atoms with Gasteiger partial charge >= 0.3 is 0 Å². The second-order valence-electron chi connectivity index (χ2n) is 6.75. The fourth-order valence-corrected chi connectivity index (χ4v) is 5.36. The predicted molar refractivity (Wildman–Crippen MR) is 87.2 cm³/mol. The molecule has 4 rings (SSSR count). The van der Waals surface area contributed by atoms with Gasteiger partial charge in [-0.25, -0.2) is 0 Å². The van der Waals surface area contributed by atoms with E-state index in [-0.39, 0.29) is 0 Å². The van der Waals surface area contributed by atoms with Crippen molar-refractivity contribution in [1.29, 1.82) is 0 Å². The van der Waals surface area contributed by atoms with Crippen LogP contribution in [0.4, 0.5) is 0 Å². The molecule has 2 aromatic rings. The van der Waals surface area contributed by atoms with E-state index in [4.69, 9.17) is 0 Å². The third-order valence-electron chi connectivity index (χ3n) is 5.44. The Morgan fingerprint density at radius 3 is 2.90 bits per heavy atom. The van der Waals surface area contributed by atoms with Gasteiger partial charge in [-0.05, 0) is 68.0 Å². The van der Waals surface area contributed by atoms with E-state index in [2.05, 4.69) is 42.6 Å². The molecule has 2 fully saturated rings. The Hall–Kier alpha value is -0.860. The summed E-state index contributed by atoms with van der Waals surface area (Å²) in [5.74, 6) is 3.04. The predicted octanol–water partition coefficient (Wildman–Crippen LogP) is 4.99. The molecular weight excluding hydrogens is 262 g/mol. The van der Waals surface area contributed by atoms with Gasteiger partial charge in [0, 0.05) is 15.6 Å². The number of hydrogen-bond donors (Lipinski definition) is 1. The monoisotopic (exact) mass is 285 g/mol. The minimum atomic E-state index is 0.492. The highest BCUT2D eigenvalue weighted by Gasteiger charge is 2.39. The van der Waals surface area contributed by atoms with Gasteiger partial charge in [0.1, 0.15) is 0 Å². The van der Waals surface area contributed by atoms with Crippen molar-refractivity contribution in [2.75, 3.05) is 6.54 Å². The Morgan fingerprint density at radius 1 is 1.25 bits per heavy atom. The molecule has 1 N–H and O–H groups in total. The maximum atomic E-state index is 3.80. The fraction of sp³-hybridized carbons (Fsp3) is 0.556. The lowest BCUT2D eigenvalue weighted by Gasteiger charge is -2.23. The van der Waals surface area contributed by atoms with Crippen molar-refractivity contribution in [3.05, 3.63) is 35.2 Å². The van der Waals surface area contributed by atoms with Crippen LogP contribution in [-0.4, -0.2) is 6.54 Å². The van der Waals surface area contributed by atoms with Gasteiger partial charge in [0.05, 0.1) is 0 Å². The first-order chi connectivity index (χ1) is 9.79. The van der Waals surface area contributed by atoms with Gasteiger partial charge in [0.25, 0.3) is 0 Å². The molecule has 2 aliphatic rings. The minimum Gasteiger partial charge on any atom is -0.309 e. The van der Waals surface area contributed by atoms with E-state index in [0.29, 0.717) is 6.04 Å². The average Bonchev–Trinajstić information content (AvgIpc) is 3.18. The second kappa shape index (κ2) is 5.16. The van der Waals surface area contributed by atoms with Crippen molar-refractivity contribution in [3.8, 4) is 0 Å². The SMILES string of the molecule is CC(NCC1CC2CCC1C2)c1cc2ccccc2s1. The topological polar surface area (TPSA) is 12.0 Å². The molecule has 0 spiro atoms. The Labute approximate surface area is 125 Å². The quantitative estimate of drug-likeness (QED) is 0.834. The summed E-state index contributed by atoms with van der Waals surface area (Å²) in [5, 5.41) is 5.19. The number of rotatable bonds is 4. The van der Waals surface area contributed by atoms with E-state index >= 15 is 0 Å². The maximum absolute atomic E-state index is 3.80. The van der Waals surface area contributed by atoms with Crippen molar-refractivity contribution in [1.82, 2.24) is 5.32 Å². The number of benzene rings is 1. The van der Waals surface area contributed by atoms with Gasteiger partial charge in [0.2, 0.25) is 0 Å². The van der Waals surface area contributed by atoms with Crippen LogP contribution in [0, 0.1) is 17.8 Å². The minimum absolute atomic E-state index is 0.492. The van der Waals surface area contributed by atoms with Crippen molar-refractivity contribution in [3.63, 3.8) is 0 Å². The lowest BCUT2D eigenvalue weighted by atomic mass is 9.89. The van der Waals surface area contributed by atoms with Crippen molar-refractivity contribution in [2.45, 2.75) is 38.6 Å². The van der Waals surface area contributed by atoms with Crippen molar-refractivity contribution >= 4 is 21.4 Å². The lowest BCUT2D eigenvalue weighted by molar-refractivity contribution is 0.310. The first-order valence-electron chi connectivity index (χ1n) is 8.01. The maximum Gasteiger partial charge on any atom is 0.0386 e. The fourth-order valence-electron chi connectivity index (χ4n) is 4.27. The van der Waals surface area contributed by atoms with Gasteiger partial charge in [0.15, 0.2) is 0 Å². The molecule has 1 aromatic carbocycles. The molecule has 106 valence electrons. The Kier molecular flexibility index (Phi) is 3.31. The number of fused-ring (bicyclic) bond motifs is 3. The van der Waals surface area contributed by atoms with Crippen LogP contribution in [0.2, 0.25) is 0 Å². The summed E-state index contributed by atoms with van der Waals surface area (Å²) in [6.07, 6.45) is 6.00. The van der Waals surface area contributed by atoms with Gasteiger partial charge in [-0.2, -0.15) is 0 Å². The van der Waals surface area contributed by atoms with Crippen LogP contribution in [0.3, 0.4) is 0 Å². The van der Waals surface area contributed by atoms with Crippen LogP contribution in [0.25, 0.3) is 10.1 Å². The summed E-state index contributed by atoms with van der Waals surface area (Å²) < 4.78 is 1.41. The molecule has 1 heterocycles. The van der Waals surface area contributed by atoms with Gasteiger partial charge < -0.3 is 5.32 Å². The molecule has 2 aliphatic carbocycles. The van der Waals surface area contributed by atoms with Crippen molar-refractivity contribution < 1.29 is 0 Å². The van der Waals surface area contributed by atoms with Gasteiger partial charge in [-0.15, -0.1) is 11.3 Å². The van der Waals surface area contributed by atoms with E-state index in [0.717, 1.165) is 17.8 Å². The molecule has 2 heteroatoms. The van der Waals surface area contributed by atoms with Crippen LogP contribution >= 0.6 is 11.3 Å². The van der Waals surface area contributed by atoms with Crippen LogP contribution in [0.5, 0.6) is 0 Å². The normalized spacial score (nSPS) is 30.1. The molecule has 4 atom stereocenters. The highest BCUT2D eigenvalue weighted by atomic mass is 32.1. The smallest absolute Gasteiger partial charge is 0.0386 e. The first-order valence-corrected chi connectivity index (χ1v) is 8.83. The highest BCUT2D eigenvalue weighted by Crippen LogP contribution is 2.48. The molecule has 20 heavy (non-hydrogen) atoms. The van der Waals surface area contributed by atoms with Gasteiger partial charge in [-0.3, -0.25) is 0 Å². The molecule has 0 amide bonds. The summed E-state index contributed by atoms with van der Waals surface area (Å²) in [7, 11) is 0. The number of nitrogens with one attached hydrogen (secondary N) is 1. The zero-order chi connectivity index (χ0) is 13.5. The zero-order valence-corrected chi connectivity index (χ0v) is 13.0. The second-order valence-corrected chi connectivity index (χ2v) is 7.87. The Bertz CT molecular complexity index is 569. The Balaban J connectivity index is 1.41. The molecule has 4 unspecified atom stereocenters. The highest BCUT2D eigenvalue weighted by molar-refractivity contribution is 7.19. The van der Waals surface area contributed by atoms with Crippen LogP contribution in [-0.2, 0) is 0 Å². The van der Waals surface area contributed by atoms with E-state index in [1.54, 1.807) is 0 Å². The van der Waals surface area contributed by atoms with Crippen LogP contribution in [0.15, 0.2) is 30.3 Å². The van der Waals surface area contributed by atoms with Crippen LogP contribution in [0.1, 0.15) is 43.5 Å². The molecule has 0 radical (unpaired) electrons. The molecule has 2 bridgehead atoms. The summed E-state index contributed by atoms with van der Waals surface area (Å²) in [4.78, 5) is 1.48. The molecule has 1 aromatic heterocycles. The molecule has 2 saturated carbocycles. The summed E-state index contributed by atoms with van der Waals surface area (Å²) >= 11 is 1.94. The van der Waals surface area contributed by atoms with Crippen LogP contribution < -0.4 is 5.32 Å². The third kappa shape index (κ3) is 2.29. The van der Waals surface area contributed by atoms with E-state index in [9.17, 15) is 0 Å². The van der Waals surface area contributed by atoms with E-state index in [1.807, 2.05) is 11.3 Å². The molecule has 0 aliphatic heterocycles. The zero-order valence-electron chi connectivity index (χ0n) is 12.1. The first kappa shape index (κ1) is 12.8. The Morgan fingerprint density at radius 2 is 2.15 bits per heavy atom. The van der Waals surface area contributed by atoms with E-state index < -0.39 is 0 Å². The lowest BCUT2D eigenvalue weighted by Crippen LogP contribution is -2.28. The molecule has 0 saturated heterocycles. The number of hydrogen-bond acceptors (Lipinski definition) is 2. The summed E-state index contributed by atoms with van der Waals surface area (Å²) in [5.41, 5.74) is 0. The van der Waals surface area contributed by atoms with Crippen molar-refractivity contribution in [2.24, 2.45) is 17.8 Å².